The van der Waals surface area contributed by atoms with E-state index in [1.165, 1.54) is 24.1 Å². The Morgan fingerprint density at radius 2 is 2.05 bits per heavy atom. The molecule has 0 amide bonds. The molecule has 1 saturated carbocycles. The molecule has 1 aliphatic heterocycles. The Balaban J connectivity index is 1.79. The minimum Gasteiger partial charge on any atom is -0.480 e. The summed E-state index contributed by atoms with van der Waals surface area (Å²) in [5, 5.41) is 11.5. The first kappa shape index (κ1) is 11.7. The van der Waals surface area contributed by atoms with E-state index in [-0.39, 0.29) is 0 Å². The lowest BCUT2D eigenvalue weighted by Gasteiger charge is -2.08. The average Bonchev–Trinajstić information content (AvgIpc) is 3.23. The maximum absolute atomic E-state index is 5.03. The van der Waals surface area contributed by atoms with Crippen molar-refractivity contribution in [2.45, 2.75) is 31.8 Å². The van der Waals surface area contributed by atoms with Crippen molar-refractivity contribution in [1.82, 2.24) is 25.5 Å². The highest BCUT2D eigenvalue weighted by atomic mass is 16.5. The van der Waals surface area contributed by atoms with Gasteiger partial charge in [0, 0.05) is 30.6 Å². The Bertz CT molecular complexity index is 651. The van der Waals surface area contributed by atoms with Gasteiger partial charge in [-0.2, -0.15) is 0 Å². The zero-order valence-electron chi connectivity index (χ0n) is 11.3. The highest BCUT2D eigenvalue weighted by Gasteiger charge is 2.31. The van der Waals surface area contributed by atoms with Crippen LogP contribution in [0.15, 0.2) is 12.1 Å². The molecule has 0 aromatic carbocycles. The Hall–Kier alpha value is -2.08. The summed E-state index contributed by atoms with van der Waals surface area (Å²) < 4.78 is 5.03. The molecule has 6 heteroatoms. The molecule has 1 N–H and O–H groups in total. The number of nitrogens with zero attached hydrogens (tertiary/aromatic N) is 4. The van der Waals surface area contributed by atoms with E-state index in [0.29, 0.717) is 23.3 Å². The quantitative estimate of drug-likeness (QED) is 0.908. The number of nitrogens with one attached hydrogen (secondary N) is 1. The molecule has 20 heavy (non-hydrogen) atoms. The fraction of sp³-hybridized carbons (Fsp3) is 0.429. The zero-order chi connectivity index (χ0) is 13.5. The van der Waals surface area contributed by atoms with Crippen LogP contribution in [0.4, 0.5) is 0 Å². The topological polar surface area (TPSA) is 72.8 Å². The molecule has 3 heterocycles. The van der Waals surface area contributed by atoms with Gasteiger partial charge in [0.25, 0.3) is 0 Å². The standard InChI is InChI=1S/C14H15N5O/c1-20-12-5-4-10(18-19-12)14-16-11-7-15-6-9(11)13(17-14)8-2-3-8/h4-5,8,15H,2-3,6-7H2,1H3. The third kappa shape index (κ3) is 1.92. The molecule has 2 aliphatic rings. The summed E-state index contributed by atoms with van der Waals surface area (Å²) in [5.74, 6) is 1.78. The molecule has 102 valence electrons. The molecule has 4 rings (SSSR count). The van der Waals surface area contributed by atoms with E-state index in [0.717, 1.165) is 18.8 Å². The van der Waals surface area contributed by atoms with Gasteiger partial charge < -0.3 is 10.1 Å². The maximum atomic E-state index is 5.03. The normalized spacial score (nSPS) is 17.1. The lowest BCUT2D eigenvalue weighted by atomic mass is 10.1. The van der Waals surface area contributed by atoms with Gasteiger partial charge in [0.15, 0.2) is 5.82 Å². The van der Waals surface area contributed by atoms with Crippen molar-refractivity contribution in [2.24, 2.45) is 0 Å². The van der Waals surface area contributed by atoms with E-state index < -0.39 is 0 Å². The third-order valence-corrected chi connectivity index (χ3v) is 3.76. The predicted molar refractivity (Wildman–Crippen MR) is 72.1 cm³/mol. The summed E-state index contributed by atoms with van der Waals surface area (Å²) in [6.45, 7) is 1.70. The fourth-order valence-corrected chi connectivity index (χ4v) is 2.55. The summed E-state index contributed by atoms with van der Waals surface area (Å²) >= 11 is 0. The van der Waals surface area contributed by atoms with E-state index in [1.807, 2.05) is 6.07 Å². The molecule has 6 nitrogen and oxygen atoms in total. The molecule has 0 atom stereocenters. The SMILES string of the molecule is COc1ccc(-c2nc3c(c(C4CC4)n2)CNC3)nn1. The monoisotopic (exact) mass is 269 g/mol. The molecule has 1 aliphatic carbocycles. The van der Waals surface area contributed by atoms with E-state index in [2.05, 4.69) is 20.5 Å². The minimum atomic E-state index is 0.499. The zero-order valence-corrected chi connectivity index (χ0v) is 11.3. The lowest BCUT2D eigenvalue weighted by Crippen LogP contribution is -2.04. The van der Waals surface area contributed by atoms with Crippen LogP contribution in [-0.4, -0.2) is 27.3 Å². The van der Waals surface area contributed by atoms with Gasteiger partial charge in [-0.25, -0.2) is 9.97 Å². The van der Waals surface area contributed by atoms with Gasteiger partial charge in [0.2, 0.25) is 5.88 Å². The van der Waals surface area contributed by atoms with E-state index in [4.69, 9.17) is 9.72 Å². The van der Waals surface area contributed by atoms with Crippen molar-refractivity contribution in [3.05, 3.63) is 29.1 Å². The number of methoxy groups -OCH3 is 1. The van der Waals surface area contributed by atoms with Gasteiger partial charge >= 0.3 is 0 Å². The van der Waals surface area contributed by atoms with Crippen molar-refractivity contribution in [3.8, 4) is 17.4 Å². The summed E-state index contributed by atoms with van der Waals surface area (Å²) in [7, 11) is 1.58. The van der Waals surface area contributed by atoms with Crippen molar-refractivity contribution >= 4 is 0 Å². The van der Waals surface area contributed by atoms with Gasteiger partial charge in [-0.3, -0.25) is 0 Å². The van der Waals surface area contributed by atoms with Crippen molar-refractivity contribution in [2.75, 3.05) is 7.11 Å². The molecule has 2 aromatic heterocycles. The van der Waals surface area contributed by atoms with Gasteiger partial charge in [-0.15, -0.1) is 10.2 Å². The lowest BCUT2D eigenvalue weighted by molar-refractivity contribution is 0.392. The van der Waals surface area contributed by atoms with Crippen LogP contribution < -0.4 is 10.1 Å². The minimum absolute atomic E-state index is 0.499. The largest absolute Gasteiger partial charge is 0.480 e. The highest BCUT2D eigenvalue weighted by Crippen LogP contribution is 2.42. The second-order valence-electron chi connectivity index (χ2n) is 5.20. The second-order valence-corrected chi connectivity index (χ2v) is 5.20. The summed E-state index contributed by atoms with van der Waals surface area (Å²) in [6.07, 6.45) is 2.47. The number of ether oxygens (including phenoxy) is 1. The van der Waals surface area contributed by atoms with Crippen molar-refractivity contribution in [3.63, 3.8) is 0 Å². The second kappa shape index (κ2) is 4.49. The fourth-order valence-electron chi connectivity index (χ4n) is 2.55. The molecular weight excluding hydrogens is 254 g/mol. The van der Waals surface area contributed by atoms with Crippen LogP contribution in [0.25, 0.3) is 11.5 Å². The molecule has 0 saturated heterocycles. The molecule has 0 bridgehead atoms. The molecule has 2 aromatic rings. The number of fused-ring (bicyclic) bond motifs is 1. The van der Waals surface area contributed by atoms with Crippen LogP contribution in [0.5, 0.6) is 5.88 Å². The van der Waals surface area contributed by atoms with Gasteiger partial charge in [0.05, 0.1) is 18.5 Å². The van der Waals surface area contributed by atoms with Crippen LogP contribution in [0.1, 0.15) is 35.7 Å². The first-order valence-electron chi connectivity index (χ1n) is 6.83. The molecule has 0 unspecified atom stereocenters. The number of hydrogen-bond donors (Lipinski definition) is 1. The molecule has 0 radical (unpaired) electrons. The van der Waals surface area contributed by atoms with E-state index >= 15 is 0 Å². The summed E-state index contributed by atoms with van der Waals surface area (Å²) in [4.78, 5) is 9.37. The van der Waals surface area contributed by atoms with E-state index in [1.54, 1.807) is 13.2 Å². The Labute approximate surface area is 116 Å². The number of rotatable bonds is 3. The maximum Gasteiger partial charge on any atom is 0.233 e. The van der Waals surface area contributed by atoms with Gasteiger partial charge in [-0.1, -0.05) is 0 Å². The molecule has 0 spiro atoms. The smallest absolute Gasteiger partial charge is 0.233 e. The number of aromatic nitrogens is 4. The molecular formula is C14H15N5O. The van der Waals surface area contributed by atoms with Crippen molar-refractivity contribution in [1.29, 1.82) is 0 Å². The Morgan fingerprint density at radius 1 is 1.15 bits per heavy atom. The van der Waals surface area contributed by atoms with Gasteiger partial charge in [-0.05, 0) is 18.9 Å². The summed E-state index contributed by atoms with van der Waals surface area (Å²) in [6, 6.07) is 3.64. The van der Waals surface area contributed by atoms with Gasteiger partial charge in [0.1, 0.15) is 5.69 Å². The average molecular weight is 269 g/mol. The van der Waals surface area contributed by atoms with Crippen LogP contribution in [-0.2, 0) is 13.1 Å². The summed E-state index contributed by atoms with van der Waals surface area (Å²) in [5.41, 5.74) is 4.29. The first-order chi connectivity index (χ1) is 9.85. The Morgan fingerprint density at radius 3 is 2.75 bits per heavy atom. The molecule has 1 fully saturated rings. The van der Waals surface area contributed by atoms with Crippen LogP contribution in [0.3, 0.4) is 0 Å². The highest BCUT2D eigenvalue weighted by molar-refractivity contribution is 5.51. The number of hydrogen-bond acceptors (Lipinski definition) is 6. The Kier molecular flexibility index (Phi) is 2.63. The van der Waals surface area contributed by atoms with E-state index in [9.17, 15) is 0 Å². The predicted octanol–water partition coefficient (Wildman–Crippen LogP) is 1.42. The van der Waals surface area contributed by atoms with Crippen LogP contribution in [0.2, 0.25) is 0 Å². The first-order valence-corrected chi connectivity index (χ1v) is 6.83. The van der Waals surface area contributed by atoms with Crippen LogP contribution in [0, 0.1) is 0 Å². The van der Waals surface area contributed by atoms with Crippen LogP contribution >= 0.6 is 0 Å². The van der Waals surface area contributed by atoms with Crippen molar-refractivity contribution < 1.29 is 4.74 Å². The third-order valence-electron chi connectivity index (χ3n) is 3.76.